The number of amides is 2. The summed E-state index contributed by atoms with van der Waals surface area (Å²) < 4.78 is 5.24. The summed E-state index contributed by atoms with van der Waals surface area (Å²) in [5.41, 5.74) is 4.27. The molecule has 1 aliphatic heterocycles. The molecule has 3 aromatic rings. The van der Waals surface area contributed by atoms with E-state index in [4.69, 9.17) is 4.74 Å². The molecular weight excluding hydrogens is 414 g/mol. The quantitative estimate of drug-likeness (QED) is 0.613. The second-order valence-electron chi connectivity index (χ2n) is 7.19. The summed E-state index contributed by atoms with van der Waals surface area (Å²) in [4.78, 5) is 42.3. The zero-order valence-electron chi connectivity index (χ0n) is 17.1. The lowest BCUT2D eigenvalue weighted by atomic mass is 10.1. The Morgan fingerprint density at radius 2 is 1.90 bits per heavy atom. The van der Waals surface area contributed by atoms with Crippen molar-refractivity contribution in [2.45, 2.75) is 26.4 Å². The molecule has 7 nitrogen and oxygen atoms in total. The highest BCUT2D eigenvalue weighted by molar-refractivity contribution is 7.14. The van der Waals surface area contributed by atoms with E-state index in [-0.39, 0.29) is 5.91 Å². The van der Waals surface area contributed by atoms with Crippen molar-refractivity contribution in [2.24, 2.45) is 0 Å². The summed E-state index contributed by atoms with van der Waals surface area (Å²) in [5, 5.41) is 5.02. The van der Waals surface area contributed by atoms with Crippen molar-refractivity contribution in [1.29, 1.82) is 0 Å². The zero-order chi connectivity index (χ0) is 22.0. The SMILES string of the molecule is CC(=O)OC(C(=O)Nc1nc(-c2ccc3c(c2)CCN3C(C)=O)cs1)c1ccccc1. The van der Waals surface area contributed by atoms with Gasteiger partial charge in [0.2, 0.25) is 12.0 Å². The number of ether oxygens (including phenoxy) is 1. The predicted molar refractivity (Wildman–Crippen MR) is 119 cm³/mol. The molecule has 1 aromatic heterocycles. The first kappa shape index (κ1) is 20.7. The van der Waals surface area contributed by atoms with Crippen LogP contribution in [-0.4, -0.2) is 29.3 Å². The Kier molecular flexibility index (Phi) is 5.81. The maximum absolute atomic E-state index is 12.8. The minimum absolute atomic E-state index is 0.0332. The fourth-order valence-corrected chi connectivity index (χ4v) is 4.31. The number of hydrogen-bond acceptors (Lipinski definition) is 6. The minimum Gasteiger partial charge on any atom is -0.447 e. The van der Waals surface area contributed by atoms with Gasteiger partial charge in [0.25, 0.3) is 5.91 Å². The van der Waals surface area contributed by atoms with Gasteiger partial charge in [0, 0.05) is 42.6 Å². The summed E-state index contributed by atoms with van der Waals surface area (Å²) in [5.74, 6) is -0.971. The third-order valence-electron chi connectivity index (χ3n) is 5.01. The molecule has 4 rings (SSSR count). The molecule has 1 aliphatic rings. The molecule has 1 atom stereocenters. The van der Waals surface area contributed by atoms with Crippen LogP contribution in [0.5, 0.6) is 0 Å². The van der Waals surface area contributed by atoms with Gasteiger partial charge < -0.3 is 9.64 Å². The molecule has 2 aromatic carbocycles. The molecule has 0 saturated heterocycles. The molecular formula is C23H21N3O4S. The smallest absolute Gasteiger partial charge is 0.303 e. The second kappa shape index (κ2) is 8.69. The zero-order valence-corrected chi connectivity index (χ0v) is 17.9. The number of benzene rings is 2. The Balaban J connectivity index is 1.52. The van der Waals surface area contributed by atoms with E-state index in [1.54, 1.807) is 36.1 Å². The Hall–Kier alpha value is -3.52. The van der Waals surface area contributed by atoms with E-state index in [0.29, 0.717) is 17.2 Å². The first-order valence-corrected chi connectivity index (χ1v) is 10.7. The first-order chi connectivity index (χ1) is 14.9. The van der Waals surface area contributed by atoms with Gasteiger partial charge in [-0.15, -0.1) is 11.3 Å². The van der Waals surface area contributed by atoms with Crippen LogP contribution in [0.4, 0.5) is 10.8 Å². The monoisotopic (exact) mass is 435 g/mol. The number of carbonyl (C=O) groups excluding carboxylic acids is 3. The van der Waals surface area contributed by atoms with Crippen molar-refractivity contribution in [2.75, 3.05) is 16.8 Å². The highest BCUT2D eigenvalue weighted by Crippen LogP contribution is 2.33. The molecule has 158 valence electrons. The molecule has 0 aliphatic carbocycles. The topological polar surface area (TPSA) is 88.6 Å². The van der Waals surface area contributed by atoms with Crippen LogP contribution in [0.3, 0.4) is 0 Å². The molecule has 8 heteroatoms. The molecule has 0 fully saturated rings. The predicted octanol–water partition coefficient (Wildman–Crippen LogP) is 3.96. The number of nitrogens with zero attached hydrogens (tertiary/aromatic N) is 2. The molecule has 0 saturated carbocycles. The van der Waals surface area contributed by atoms with Gasteiger partial charge in [-0.3, -0.25) is 19.7 Å². The van der Waals surface area contributed by atoms with E-state index < -0.39 is 18.0 Å². The van der Waals surface area contributed by atoms with Crippen molar-refractivity contribution < 1.29 is 19.1 Å². The van der Waals surface area contributed by atoms with Crippen LogP contribution in [0.2, 0.25) is 0 Å². The Labute approximate surface area is 183 Å². The van der Waals surface area contributed by atoms with Crippen LogP contribution in [0.1, 0.15) is 31.1 Å². The number of anilines is 2. The van der Waals surface area contributed by atoms with Crippen LogP contribution >= 0.6 is 11.3 Å². The maximum atomic E-state index is 12.8. The highest BCUT2D eigenvalue weighted by atomic mass is 32.1. The van der Waals surface area contributed by atoms with Gasteiger partial charge in [-0.1, -0.05) is 36.4 Å². The molecule has 1 N–H and O–H groups in total. The number of rotatable bonds is 5. The number of hydrogen-bond donors (Lipinski definition) is 1. The van der Waals surface area contributed by atoms with Crippen LogP contribution in [0.25, 0.3) is 11.3 Å². The van der Waals surface area contributed by atoms with Gasteiger partial charge in [-0.2, -0.15) is 0 Å². The van der Waals surface area contributed by atoms with E-state index in [2.05, 4.69) is 10.3 Å². The van der Waals surface area contributed by atoms with Crippen LogP contribution < -0.4 is 10.2 Å². The van der Waals surface area contributed by atoms with Crippen LogP contribution in [0.15, 0.2) is 53.9 Å². The van der Waals surface area contributed by atoms with E-state index in [1.807, 2.05) is 29.6 Å². The van der Waals surface area contributed by atoms with Gasteiger partial charge >= 0.3 is 5.97 Å². The van der Waals surface area contributed by atoms with Crippen molar-refractivity contribution in [3.05, 3.63) is 65.0 Å². The molecule has 2 heterocycles. The Morgan fingerprint density at radius 3 is 2.61 bits per heavy atom. The van der Waals surface area contributed by atoms with Crippen LogP contribution in [-0.2, 0) is 25.5 Å². The lowest BCUT2D eigenvalue weighted by Crippen LogP contribution is -2.25. The van der Waals surface area contributed by atoms with Gasteiger partial charge in [-0.25, -0.2) is 4.98 Å². The second-order valence-corrected chi connectivity index (χ2v) is 8.05. The maximum Gasteiger partial charge on any atom is 0.303 e. The largest absolute Gasteiger partial charge is 0.447 e. The van der Waals surface area contributed by atoms with E-state index in [9.17, 15) is 14.4 Å². The van der Waals surface area contributed by atoms with Crippen molar-refractivity contribution >= 4 is 39.9 Å². The highest BCUT2D eigenvalue weighted by Gasteiger charge is 2.25. The van der Waals surface area contributed by atoms with Gasteiger partial charge in [0.15, 0.2) is 5.13 Å². The summed E-state index contributed by atoms with van der Waals surface area (Å²) in [6, 6.07) is 14.7. The third-order valence-corrected chi connectivity index (χ3v) is 5.77. The molecule has 0 spiro atoms. The van der Waals surface area contributed by atoms with E-state index in [1.165, 1.54) is 18.3 Å². The molecule has 31 heavy (non-hydrogen) atoms. The normalized spacial score (nSPS) is 13.4. The lowest BCUT2D eigenvalue weighted by molar-refractivity contribution is -0.152. The van der Waals surface area contributed by atoms with Gasteiger partial charge in [0.1, 0.15) is 0 Å². The lowest BCUT2D eigenvalue weighted by Gasteiger charge is -2.16. The summed E-state index contributed by atoms with van der Waals surface area (Å²) in [6.45, 7) is 3.52. The Bertz CT molecular complexity index is 1140. The fraction of sp³-hybridized carbons (Fsp3) is 0.217. The van der Waals surface area contributed by atoms with Crippen molar-refractivity contribution in [3.8, 4) is 11.3 Å². The molecule has 0 radical (unpaired) electrons. The average molecular weight is 436 g/mol. The summed E-state index contributed by atoms with van der Waals surface area (Å²) >= 11 is 1.29. The number of nitrogens with one attached hydrogen (secondary N) is 1. The van der Waals surface area contributed by atoms with Gasteiger partial charge in [0.05, 0.1) is 5.69 Å². The summed E-state index contributed by atoms with van der Waals surface area (Å²) in [7, 11) is 0. The average Bonchev–Trinajstić information content (AvgIpc) is 3.39. The number of carbonyl (C=O) groups is 3. The first-order valence-electron chi connectivity index (χ1n) is 9.82. The summed E-state index contributed by atoms with van der Waals surface area (Å²) in [6.07, 6.45) is -0.249. The minimum atomic E-state index is -1.05. The van der Waals surface area contributed by atoms with Crippen molar-refractivity contribution in [1.82, 2.24) is 4.98 Å². The molecule has 1 unspecified atom stereocenters. The third kappa shape index (κ3) is 4.49. The number of aromatic nitrogens is 1. The van der Waals surface area contributed by atoms with Crippen molar-refractivity contribution in [3.63, 3.8) is 0 Å². The number of thiazole rings is 1. The van der Waals surface area contributed by atoms with Crippen LogP contribution in [0, 0.1) is 0 Å². The standard InChI is InChI=1S/C23H21N3O4S/c1-14(27)26-11-10-18-12-17(8-9-20(18)26)19-13-31-23(24-19)25-22(29)21(30-15(2)28)16-6-4-3-5-7-16/h3-9,12-13,21H,10-11H2,1-2H3,(H,24,25,29). The Morgan fingerprint density at radius 1 is 1.13 bits per heavy atom. The number of fused-ring (bicyclic) bond motifs is 1. The van der Waals surface area contributed by atoms with Gasteiger partial charge in [-0.05, 0) is 24.1 Å². The molecule has 0 bridgehead atoms. The fourth-order valence-electron chi connectivity index (χ4n) is 3.59. The van der Waals surface area contributed by atoms with E-state index >= 15 is 0 Å². The van der Waals surface area contributed by atoms with E-state index in [0.717, 1.165) is 28.9 Å². The molecule has 2 amide bonds. The number of esters is 1.